The number of aliphatic carboxylic acids is 1. The third kappa shape index (κ3) is 5.95. The number of likely N-dealkylation sites (tertiary alicyclic amines) is 1. The van der Waals surface area contributed by atoms with Gasteiger partial charge in [-0.25, -0.2) is 4.79 Å². The first-order valence-corrected chi connectivity index (χ1v) is 8.65. The second kappa shape index (κ2) is 10.1. The summed E-state index contributed by atoms with van der Waals surface area (Å²) in [6.45, 7) is 3.15. The molecule has 3 amide bonds. The molecule has 3 atom stereocenters. The van der Waals surface area contributed by atoms with Crippen molar-refractivity contribution >= 4 is 23.7 Å². The lowest BCUT2D eigenvalue weighted by Crippen LogP contribution is -2.56. The second-order valence-electron chi connectivity index (χ2n) is 6.73. The van der Waals surface area contributed by atoms with Crippen LogP contribution in [0.3, 0.4) is 0 Å². The van der Waals surface area contributed by atoms with Crippen molar-refractivity contribution in [2.75, 3.05) is 19.7 Å². The molecule has 6 N–H and O–H groups in total. The predicted molar refractivity (Wildman–Crippen MR) is 91.8 cm³/mol. The Labute approximate surface area is 152 Å². The van der Waals surface area contributed by atoms with Gasteiger partial charge >= 0.3 is 5.97 Å². The number of aliphatic hydroxyl groups is 1. The van der Waals surface area contributed by atoms with Crippen LogP contribution in [0.5, 0.6) is 0 Å². The van der Waals surface area contributed by atoms with E-state index in [0.29, 0.717) is 25.8 Å². The molecule has 1 aliphatic heterocycles. The molecule has 1 fully saturated rings. The third-order valence-electron chi connectivity index (χ3n) is 4.16. The monoisotopic (exact) mass is 372 g/mol. The minimum absolute atomic E-state index is 0.127. The van der Waals surface area contributed by atoms with Crippen LogP contribution in [-0.2, 0) is 19.2 Å². The van der Waals surface area contributed by atoms with Crippen molar-refractivity contribution in [3.05, 3.63) is 0 Å². The first-order chi connectivity index (χ1) is 12.2. The molecule has 148 valence electrons. The molecule has 1 heterocycles. The van der Waals surface area contributed by atoms with E-state index in [1.165, 1.54) is 4.90 Å². The molecule has 0 aromatic rings. The third-order valence-corrected chi connectivity index (χ3v) is 4.16. The van der Waals surface area contributed by atoms with Gasteiger partial charge in [-0.05, 0) is 25.2 Å². The highest BCUT2D eigenvalue weighted by molar-refractivity contribution is 5.94. The summed E-state index contributed by atoms with van der Waals surface area (Å²) in [6.07, 6.45) is 1.36. The first-order valence-electron chi connectivity index (χ1n) is 8.65. The fraction of sp³-hybridized carbons (Fsp3) is 0.750. The molecular weight excluding hydrogens is 344 g/mol. The van der Waals surface area contributed by atoms with E-state index in [1.54, 1.807) is 0 Å². The summed E-state index contributed by atoms with van der Waals surface area (Å²) in [4.78, 5) is 49.2. The van der Waals surface area contributed by atoms with E-state index in [4.69, 9.17) is 15.9 Å². The number of rotatable bonds is 9. The minimum atomic E-state index is -1.43. The highest BCUT2D eigenvalue weighted by Crippen LogP contribution is 2.20. The summed E-state index contributed by atoms with van der Waals surface area (Å²) in [5.74, 6) is -2.72. The molecule has 0 aliphatic carbocycles. The maximum atomic E-state index is 12.9. The van der Waals surface area contributed by atoms with Crippen LogP contribution in [0.4, 0.5) is 0 Å². The molecule has 0 aromatic carbocycles. The summed E-state index contributed by atoms with van der Waals surface area (Å²) in [5, 5.41) is 22.8. The predicted octanol–water partition coefficient (Wildman–Crippen LogP) is -1.97. The number of carboxylic acids is 1. The normalized spacial score (nSPS) is 19.1. The Bertz CT molecular complexity index is 539. The first kappa shape index (κ1) is 21.8. The molecule has 10 heteroatoms. The van der Waals surface area contributed by atoms with Crippen molar-refractivity contribution in [1.29, 1.82) is 0 Å². The molecule has 0 aromatic heterocycles. The van der Waals surface area contributed by atoms with Crippen LogP contribution < -0.4 is 16.4 Å². The number of hydrogen-bond acceptors (Lipinski definition) is 6. The Balaban J connectivity index is 2.88. The Morgan fingerprint density at radius 3 is 2.35 bits per heavy atom. The van der Waals surface area contributed by atoms with Crippen LogP contribution in [0.15, 0.2) is 0 Å². The van der Waals surface area contributed by atoms with Crippen LogP contribution in [-0.4, -0.2) is 76.6 Å². The van der Waals surface area contributed by atoms with Gasteiger partial charge in [-0.15, -0.1) is 0 Å². The number of hydrogen-bond donors (Lipinski definition) is 5. The van der Waals surface area contributed by atoms with Crippen molar-refractivity contribution in [1.82, 2.24) is 15.5 Å². The largest absolute Gasteiger partial charge is 0.480 e. The van der Waals surface area contributed by atoms with E-state index in [9.17, 15) is 19.2 Å². The Morgan fingerprint density at radius 1 is 1.19 bits per heavy atom. The molecular formula is C16H28N4O6. The van der Waals surface area contributed by atoms with Crippen molar-refractivity contribution in [2.45, 2.75) is 51.2 Å². The zero-order valence-corrected chi connectivity index (χ0v) is 15.1. The topological polar surface area (TPSA) is 162 Å². The van der Waals surface area contributed by atoms with Crippen LogP contribution in [0.25, 0.3) is 0 Å². The van der Waals surface area contributed by atoms with Gasteiger partial charge in [0.1, 0.15) is 18.1 Å². The van der Waals surface area contributed by atoms with Gasteiger partial charge in [-0.2, -0.15) is 0 Å². The molecule has 0 bridgehead atoms. The summed E-state index contributed by atoms with van der Waals surface area (Å²) in [5.41, 5.74) is 5.30. The molecule has 0 saturated carbocycles. The number of carbonyl (C=O) groups excluding carboxylic acids is 3. The fourth-order valence-corrected chi connectivity index (χ4v) is 2.90. The Kier molecular flexibility index (Phi) is 8.46. The highest BCUT2D eigenvalue weighted by atomic mass is 16.4. The van der Waals surface area contributed by atoms with Gasteiger partial charge in [0.25, 0.3) is 0 Å². The SMILES string of the molecule is CC(C)CC(NC(=O)CN)C(=O)N1CCCC1C(=O)NC(CO)C(=O)O. The standard InChI is InChI=1S/C16H28N4O6/c1-9(2)6-10(18-13(22)7-17)15(24)20-5-3-4-12(20)14(23)19-11(8-21)16(25)26/h9-12,21H,3-8,17H2,1-2H3,(H,18,22)(H,19,23)(H,25,26). The van der Waals surface area contributed by atoms with Gasteiger partial charge in [0.2, 0.25) is 17.7 Å². The maximum absolute atomic E-state index is 12.9. The van der Waals surface area contributed by atoms with Gasteiger partial charge in [0.05, 0.1) is 13.2 Å². The number of carbonyl (C=O) groups is 4. The summed E-state index contributed by atoms with van der Waals surface area (Å²) in [6, 6.07) is -3.06. The van der Waals surface area contributed by atoms with E-state index in [1.807, 2.05) is 13.8 Å². The molecule has 3 unspecified atom stereocenters. The zero-order valence-electron chi connectivity index (χ0n) is 15.1. The van der Waals surface area contributed by atoms with E-state index in [2.05, 4.69) is 10.6 Å². The van der Waals surface area contributed by atoms with Crippen LogP contribution >= 0.6 is 0 Å². The number of nitrogens with one attached hydrogen (secondary N) is 2. The number of aliphatic hydroxyl groups excluding tert-OH is 1. The molecule has 1 aliphatic rings. The summed E-state index contributed by atoms with van der Waals surface area (Å²) < 4.78 is 0. The molecule has 26 heavy (non-hydrogen) atoms. The fourth-order valence-electron chi connectivity index (χ4n) is 2.90. The average molecular weight is 372 g/mol. The average Bonchev–Trinajstić information content (AvgIpc) is 3.07. The van der Waals surface area contributed by atoms with E-state index in [0.717, 1.165) is 0 Å². The van der Waals surface area contributed by atoms with Crippen molar-refractivity contribution in [3.8, 4) is 0 Å². The summed E-state index contributed by atoms with van der Waals surface area (Å²) in [7, 11) is 0. The molecule has 10 nitrogen and oxygen atoms in total. The quantitative estimate of drug-likeness (QED) is 0.313. The lowest BCUT2D eigenvalue weighted by molar-refractivity contribution is -0.145. The Hall–Kier alpha value is -2.20. The smallest absolute Gasteiger partial charge is 0.328 e. The van der Waals surface area contributed by atoms with Crippen molar-refractivity contribution in [2.24, 2.45) is 11.7 Å². The Morgan fingerprint density at radius 2 is 1.85 bits per heavy atom. The lowest BCUT2D eigenvalue weighted by atomic mass is 10.0. The molecule has 0 radical (unpaired) electrons. The number of nitrogens with zero attached hydrogens (tertiary/aromatic N) is 1. The van der Waals surface area contributed by atoms with Crippen molar-refractivity contribution < 1.29 is 29.4 Å². The van der Waals surface area contributed by atoms with E-state index < -0.39 is 48.4 Å². The number of amides is 3. The highest BCUT2D eigenvalue weighted by Gasteiger charge is 2.38. The van der Waals surface area contributed by atoms with Gasteiger partial charge < -0.3 is 31.5 Å². The molecule has 0 spiro atoms. The zero-order chi connectivity index (χ0) is 19.9. The molecule has 1 rings (SSSR count). The molecule has 1 saturated heterocycles. The van der Waals surface area contributed by atoms with E-state index >= 15 is 0 Å². The van der Waals surface area contributed by atoms with Gasteiger partial charge in [-0.1, -0.05) is 13.8 Å². The number of carboxylic acid groups (broad SMARTS) is 1. The number of nitrogens with two attached hydrogens (primary N) is 1. The minimum Gasteiger partial charge on any atom is -0.480 e. The van der Waals surface area contributed by atoms with Gasteiger partial charge in [0.15, 0.2) is 0 Å². The lowest BCUT2D eigenvalue weighted by Gasteiger charge is -2.30. The van der Waals surface area contributed by atoms with E-state index in [-0.39, 0.29) is 12.5 Å². The van der Waals surface area contributed by atoms with Crippen LogP contribution in [0.1, 0.15) is 33.1 Å². The van der Waals surface area contributed by atoms with Gasteiger partial charge in [0, 0.05) is 6.54 Å². The van der Waals surface area contributed by atoms with Crippen LogP contribution in [0, 0.1) is 5.92 Å². The second-order valence-corrected chi connectivity index (χ2v) is 6.73. The van der Waals surface area contributed by atoms with Crippen molar-refractivity contribution in [3.63, 3.8) is 0 Å². The summed E-state index contributed by atoms with van der Waals surface area (Å²) >= 11 is 0. The van der Waals surface area contributed by atoms with Crippen LogP contribution in [0.2, 0.25) is 0 Å². The maximum Gasteiger partial charge on any atom is 0.328 e. The van der Waals surface area contributed by atoms with Gasteiger partial charge in [-0.3, -0.25) is 14.4 Å².